The first-order valence-electron chi connectivity index (χ1n) is 10.8. The monoisotopic (exact) mass is 533 g/mol. The Morgan fingerprint density at radius 3 is 2.29 bits per heavy atom. The van der Waals surface area contributed by atoms with Crippen LogP contribution in [0.5, 0.6) is 0 Å². The van der Waals surface area contributed by atoms with Gasteiger partial charge in [0.15, 0.2) is 5.96 Å². The van der Waals surface area contributed by atoms with Crippen LogP contribution in [0.2, 0.25) is 0 Å². The van der Waals surface area contributed by atoms with Crippen LogP contribution < -0.4 is 5.32 Å². The molecule has 0 saturated carbocycles. The molecule has 2 aliphatic rings. The molecule has 7 heteroatoms. The number of aliphatic imine (C=N–C) groups is 1. The second-order valence-corrected chi connectivity index (χ2v) is 7.98. The van der Waals surface area contributed by atoms with Crippen molar-refractivity contribution in [1.29, 1.82) is 0 Å². The highest BCUT2D eigenvalue weighted by molar-refractivity contribution is 14.0. The van der Waals surface area contributed by atoms with E-state index in [1.807, 2.05) is 11.0 Å². The maximum absolute atomic E-state index is 12.7. The molecule has 1 N–H and O–H groups in total. The highest BCUT2D eigenvalue weighted by Gasteiger charge is 2.23. The number of carbonyl (C=O) groups excluding carboxylic acids is 1. The van der Waals surface area contributed by atoms with Crippen LogP contribution in [-0.4, -0.2) is 72.9 Å². The zero-order valence-electron chi connectivity index (χ0n) is 18.2. The van der Waals surface area contributed by atoms with E-state index in [1.165, 1.54) is 16.7 Å². The lowest BCUT2D eigenvalue weighted by atomic mass is 10.00. The minimum Gasteiger partial charge on any atom is -0.347 e. The van der Waals surface area contributed by atoms with Gasteiger partial charge in [0, 0.05) is 52.9 Å². The maximum atomic E-state index is 12.7. The van der Waals surface area contributed by atoms with Crippen LogP contribution in [0.3, 0.4) is 0 Å². The Bertz CT molecular complexity index is 881. The zero-order chi connectivity index (χ0) is 20.8. The molecule has 0 atom stereocenters. The van der Waals surface area contributed by atoms with E-state index in [4.69, 9.17) is 0 Å². The highest BCUT2D eigenvalue weighted by Crippen LogP contribution is 2.18. The Kier molecular flexibility index (Phi) is 8.71. The first kappa shape index (κ1) is 23.5. The van der Waals surface area contributed by atoms with Crippen molar-refractivity contribution in [2.24, 2.45) is 4.99 Å². The molecule has 1 fully saturated rings. The van der Waals surface area contributed by atoms with Crippen molar-refractivity contribution in [3.05, 3.63) is 71.3 Å². The summed E-state index contributed by atoms with van der Waals surface area (Å²) in [5, 5.41) is 3.29. The van der Waals surface area contributed by atoms with E-state index >= 15 is 0 Å². The van der Waals surface area contributed by atoms with Crippen LogP contribution >= 0.6 is 24.0 Å². The van der Waals surface area contributed by atoms with Gasteiger partial charge in [-0.3, -0.25) is 14.7 Å². The summed E-state index contributed by atoms with van der Waals surface area (Å²) in [6.45, 7) is 6.57. The summed E-state index contributed by atoms with van der Waals surface area (Å²) in [4.78, 5) is 23.8. The van der Waals surface area contributed by atoms with Gasteiger partial charge >= 0.3 is 0 Å². The Morgan fingerprint density at radius 2 is 1.58 bits per heavy atom. The Balaban J connectivity index is 0.00000272. The number of hydrogen-bond acceptors (Lipinski definition) is 3. The minimum atomic E-state index is 0. The molecule has 0 radical (unpaired) electrons. The second-order valence-electron chi connectivity index (χ2n) is 7.98. The van der Waals surface area contributed by atoms with Crippen molar-refractivity contribution in [3.63, 3.8) is 0 Å². The fourth-order valence-electron chi connectivity index (χ4n) is 4.27. The molecule has 2 aromatic carbocycles. The summed E-state index contributed by atoms with van der Waals surface area (Å²) in [5.41, 5.74) is 3.97. The summed E-state index contributed by atoms with van der Waals surface area (Å²) in [6, 6.07) is 19.0. The summed E-state index contributed by atoms with van der Waals surface area (Å²) < 4.78 is 0. The van der Waals surface area contributed by atoms with Gasteiger partial charge in [0.2, 0.25) is 5.91 Å². The van der Waals surface area contributed by atoms with Gasteiger partial charge in [-0.1, -0.05) is 54.6 Å². The van der Waals surface area contributed by atoms with Crippen molar-refractivity contribution in [2.45, 2.75) is 19.5 Å². The van der Waals surface area contributed by atoms with Crippen molar-refractivity contribution in [1.82, 2.24) is 20.0 Å². The minimum absolute atomic E-state index is 0. The third kappa shape index (κ3) is 6.20. The van der Waals surface area contributed by atoms with Crippen molar-refractivity contribution in [2.75, 3.05) is 46.3 Å². The summed E-state index contributed by atoms with van der Waals surface area (Å²) in [5.74, 6) is 0.952. The van der Waals surface area contributed by atoms with E-state index < -0.39 is 0 Å². The average Bonchev–Trinajstić information content (AvgIpc) is 2.80. The number of fused-ring (bicyclic) bond motifs is 1. The predicted octanol–water partition coefficient (Wildman–Crippen LogP) is 2.58. The van der Waals surface area contributed by atoms with E-state index in [-0.39, 0.29) is 29.9 Å². The standard InChI is InChI=1S/C24H31N5O.HI/c1-25-24(28-15-13-27(14-16-28)18-20-7-3-2-4-8-20)26-17-23(30)29-12-11-21-9-5-6-10-22(21)19-29;/h2-10H,11-19H2,1H3,(H,25,26);1H. The van der Waals surface area contributed by atoms with Crippen LogP contribution in [0.1, 0.15) is 16.7 Å². The molecule has 6 nitrogen and oxygen atoms in total. The van der Waals surface area contributed by atoms with E-state index in [2.05, 4.69) is 68.6 Å². The smallest absolute Gasteiger partial charge is 0.242 e. The largest absolute Gasteiger partial charge is 0.347 e. The maximum Gasteiger partial charge on any atom is 0.242 e. The lowest BCUT2D eigenvalue weighted by Gasteiger charge is -2.36. The molecular weight excluding hydrogens is 501 g/mol. The molecule has 1 saturated heterocycles. The predicted molar refractivity (Wildman–Crippen MR) is 136 cm³/mol. The number of benzene rings is 2. The molecular formula is C24H32IN5O. The normalized spacial score (nSPS) is 17.0. The van der Waals surface area contributed by atoms with Gasteiger partial charge < -0.3 is 15.1 Å². The number of nitrogens with one attached hydrogen (secondary N) is 1. The number of hydrogen-bond donors (Lipinski definition) is 1. The van der Waals surface area contributed by atoms with E-state index in [1.54, 1.807) is 7.05 Å². The van der Waals surface area contributed by atoms with Gasteiger partial charge in [0.25, 0.3) is 0 Å². The van der Waals surface area contributed by atoms with Crippen LogP contribution in [0.4, 0.5) is 0 Å². The number of piperazine rings is 1. The van der Waals surface area contributed by atoms with Crippen molar-refractivity contribution in [3.8, 4) is 0 Å². The molecule has 2 heterocycles. The Labute approximate surface area is 202 Å². The van der Waals surface area contributed by atoms with Gasteiger partial charge in [0.1, 0.15) is 0 Å². The SMILES string of the molecule is CN=C(NCC(=O)N1CCc2ccccc2C1)N1CCN(Cc2ccccc2)CC1.I. The van der Waals surface area contributed by atoms with Crippen LogP contribution in [-0.2, 0) is 24.3 Å². The number of rotatable bonds is 4. The number of nitrogens with zero attached hydrogens (tertiary/aromatic N) is 4. The van der Waals surface area contributed by atoms with Crippen molar-refractivity contribution < 1.29 is 4.79 Å². The fourth-order valence-corrected chi connectivity index (χ4v) is 4.27. The van der Waals surface area contributed by atoms with Gasteiger partial charge in [-0.25, -0.2) is 0 Å². The number of halogens is 1. The number of guanidine groups is 1. The van der Waals surface area contributed by atoms with Crippen molar-refractivity contribution >= 4 is 35.8 Å². The lowest BCUT2D eigenvalue weighted by molar-refractivity contribution is -0.130. The molecule has 4 rings (SSSR count). The number of carbonyl (C=O) groups is 1. The van der Waals surface area contributed by atoms with E-state index in [0.29, 0.717) is 13.1 Å². The summed E-state index contributed by atoms with van der Waals surface area (Å²) in [6.07, 6.45) is 0.931. The molecule has 0 aliphatic carbocycles. The Hall–Kier alpha value is -2.13. The second kappa shape index (κ2) is 11.5. The molecule has 0 aromatic heterocycles. The highest BCUT2D eigenvalue weighted by atomic mass is 127. The summed E-state index contributed by atoms with van der Waals surface area (Å²) >= 11 is 0. The van der Waals surface area contributed by atoms with Gasteiger partial charge in [-0.05, 0) is 23.1 Å². The molecule has 0 unspecified atom stereocenters. The fraction of sp³-hybridized carbons (Fsp3) is 0.417. The summed E-state index contributed by atoms with van der Waals surface area (Å²) in [7, 11) is 1.79. The van der Waals surface area contributed by atoms with Crippen LogP contribution in [0, 0.1) is 0 Å². The average molecular weight is 533 g/mol. The quantitative estimate of drug-likeness (QED) is 0.373. The molecule has 2 aromatic rings. The molecule has 31 heavy (non-hydrogen) atoms. The molecule has 0 bridgehead atoms. The lowest BCUT2D eigenvalue weighted by Crippen LogP contribution is -2.53. The topological polar surface area (TPSA) is 51.2 Å². The van der Waals surface area contributed by atoms with Gasteiger partial charge in [0.05, 0.1) is 6.54 Å². The van der Waals surface area contributed by atoms with Crippen LogP contribution in [0.15, 0.2) is 59.6 Å². The molecule has 1 amide bonds. The first-order chi connectivity index (χ1) is 14.7. The Morgan fingerprint density at radius 1 is 0.903 bits per heavy atom. The molecule has 166 valence electrons. The zero-order valence-corrected chi connectivity index (χ0v) is 20.5. The number of amides is 1. The van der Waals surface area contributed by atoms with E-state index in [9.17, 15) is 4.79 Å². The molecule has 0 spiro atoms. The van der Waals surface area contributed by atoms with Gasteiger partial charge in [-0.2, -0.15) is 0 Å². The third-order valence-corrected chi connectivity index (χ3v) is 6.01. The first-order valence-corrected chi connectivity index (χ1v) is 10.8. The van der Waals surface area contributed by atoms with Crippen LogP contribution in [0.25, 0.3) is 0 Å². The molecule has 2 aliphatic heterocycles. The van der Waals surface area contributed by atoms with E-state index in [0.717, 1.165) is 51.6 Å². The van der Waals surface area contributed by atoms with Gasteiger partial charge in [-0.15, -0.1) is 24.0 Å². The third-order valence-electron chi connectivity index (χ3n) is 6.01.